The molecule has 0 radical (unpaired) electrons. The minimum atomic E-state index is -3.74. The Morgan fingerprint density at radius 3 is 2.43 bits per heavy atom. The van der Waals surface area contributed by atoms with Crippen LogP contribution in [0.5, 0.6) is 0 Å². The molecule has 4 rings (SSSR count). The van der Waals surface area contributed by atoms with Crippen molar-refractivity contribution in [3.05, 3.63) is 54.1 Å². The fraction of sp³-hybridized carbons (Fsp3) is 0.238. The van der Waals surface area contributed by atoms with Gasteiger partial charge in [0, 0.05) is 28.9 Å². The van der Waals surface area contributed by atoms with E-state index in [2.05, 4.69) is 4.98 Å². The van der Waals surface area contributed by atoms with Crippen LogP contribution < -0.4 is 0 Å². The Balaban J connectivity index is 1.82. The lowest BCUT2D eigenvalue weighted by molar-refractivity contribution is 0.0699. The molecule has 1 fully saturated rings. The topological polar surface area (TPSA) is 96.8 Å². The quantitative estimate of drug-likeness (QED) is 0.603. The molecule has 1 N–H and O–H groups in total. The first-order chi connectivity index (χ1) is 14.4. The summed E-state index contributed by atoms with van der Waals surface area (Å²) in [5.74, 6) is -1.13. The Morgan fingerprint density at radius 2 is 1.80 bits per heavy atom. The average Bonchev–Trinajstić information content (AvgIpc) is 2.78. The van der Waals surface area contributed by atoms with Crippen LogP contribution in [0.4, 0.5) is 0 Å². The van der Waals surface area contributed by atoms with Gasteiger partial charge in [-0.25, -0.2) is 18.2 Å². The van der Waals surface area contributed by atoms with E-state index < -0.39 is 16.0 Å². The van der Waals surface area contributed by atoms with Crippen molar-refractivity contribution in [2.45, 2.75) is 9.79 Å². The Kier molecular flexibility index (Phi) is 5.79. The molecule has 1 saturated heterocycles. The zero-order valence-electron chi connectivity index (χ0n) is 16.2. The van der Waals surface area contributed by atoms with Gasteiger partial charge in [-0.3, -0.25) is 0 Å². The molecule has 3 aromatic rings. The first-order valence-electron chi connectivity index (χ1n) is 9.30. The van der Waals surface area contributed by atoms with Gasteiger partial charge in [0.1, 0.15) is 0 Å². The number of carbonyl (C=O) groups is 1. The molecule has 2 heterocycles. The number of thioether (sulfide) groups is 1. The zero-order chi connectivity index (χ0) is 21.3. The monoisotopic (exact) mass is 444 g/mol. The number of nitrogens with zero attached hydrogens (tertiary/aromatic N) is 2. The van der Waals surface area contributed by atoms with Crippen molar-refractivity contribution in [1.29, 1.82) is 0 Å². The molecule has 1 aliphatic rings. The summed E-state index contributed by atoms with van der Waals surface area (Å²) in [7, 11) is -3.74. The van der Waals surface area contributed by atoms with Crippen LogP contribution in [0.1, 0.15) is 10.4 Å². The fourth-order valence-electron chi connectivity index (χ4n) is 3.39. The SMILES string of the molecule is CSc1ccc(-c2cc(C(=O)O)c3cc(S(=O)(=O)N4CCOCC4)ccc3n2)cc1. The molecule has 0 saturated carbocycles. The summed E-state index contributed by atoms with van der Waals surface area (Å²) >= 11 is 1.62. The molecular formula is C21H20N2O5S2. The van der Waals surface area contributed by atoms with E-state index >= 15 is 0 Å². The van der Waals surface area contributed by atoms with Gasteiger partial charge in [-0.1, -0.05) is 12.1 Å². The summed E-state index contributed by atoms with van der Waals surface area (Å²) in [6.45, 7) is 1.23. The number of carboxylic acid groups (broad SMARTS) is 1. The molecule has 7 nitrogen and oxygen atoms in total. The second-order valence-electron chi connectivity index (χ2n) is 6.78. The van der Waals surface area contributed by atoms with Crippen LogP contribution in [0.15, 0.2) is 58.3 Å². The van der Waals surface area contributed by atoms with E-state index in [-0.39, 0.29) is 23.5 Å². The molecule has 1 aliphatic heterocycles. The molecular weight excluding hydrogens is 424 g/mol. The number of fused-ring (bicyclic) bond motifs is 1. The molecule has 9 heteroatoms. The highest BCUT2D eigenvalue weighted by Crippen LogP contribution is 2.29. The third-order valence-corrected chi connectivity index (χ3v) is 7.64. The average molecular weight is 445 g/mol. The number of benzene rings is 2. The van der Waals surface area contributed by atoms with Crippen LogP contribution in [0, 0.1) is 0 Å². The first kappa shape index (κ1) is 20.8. The summed E-state index contributed by atoms with van der Waals surface area (Å²) in [5.41, 5.74) is 1.77. The largest absolute Gasteiger partial charge is 0.478 e. The second-order valence-corrected chi connectivity index (χ2v) is 9.60. The van der Waals surface area contributed by atoms with E-state index in [0.29, 0.717) is 29.8 Å². The molecule has 0 bridgehead atoms. The number of ether oxygens (including phenoxy) is 1. The molecule has 0 unspecified atom stereocenters. The zero-order valence-corrected chi connectivity index (χ0v) is 17.9. The predicted molar refractivity (Wildman–Crippen MR) is 115 cm³/mol. The van der Waals surface area contributed by atoms with Crippen molar-refractivity contribution in [2.75, 3.05) is 32.6 Å². The van der Waals surface area contributed by atoms with Crippen molar-refractivity contribution in [2.24, 2.45) is 0 Å². The number of morpholine rings is 1. The third kappa shape index (κ3) is 3.93. The standard InChI is InChI=1S/C21H20N2O5S2/c1-29-15-4-2-14(3-5-15)20-13-18(21(24)25)17-12-16(6-7-19(17)22-20)30(26,27)23-8-10-28-11-9-23/h2-7,12-13H,8-11H2,1H3,(H,24,25). The minimum absolute atomic E-state index is 0.0166. The predicted octanol–water partition coefficient (Wildman–Crippen LogP) is 3.34. The van der Waals surface area contributed by atoms with Crippen LogP contribution in [-0.4, -0.2) is 61.3 Å². The smallest absolute Gasteiger partial charge is 0.336 e. The third-order valence-electron chi connectivity index (χ3n) is 5.00. The van der Waals surface area contributed by atoms with E-state index in [0.717, 1.165) is 10.5 Å². The number of sulfonamides is 1. The van der Waals surface area contributed by atoms with Gasteiger partial charge in [0.2, 0.25) is 10.0 Å². The lowest BCUT2D eigenvalue weighted by atomic mass is 10.0. The molecule has 156 valence electrons. The highest BCUT2D eigenvalue weighted by Gasteiger charge is 2.27. The van der Waals surface area contributed by atoms with Crippen LogP contribution in [0.2, 0.25) is 0 Å². The van der Waals surface area contributed by atoms with Gasteiger partial charge >= 0.3 is 5.97 Å². The van der Waals surface area contributed by atoms with E-state index in [4.69, 9.17) is 4.74 Å². The molecule has 0 spiro atoms. The Bertz CT molecular complexity index is 1200. The van der Waals surface area contributed by atoms with Gasteiger partial charge in [0.15, 0.2) is 0 Å². The number of aromatic carboxylic acids is 1. The molecule has 0 amide bonds. The van der Waals surface area contributed by atoms with Crippen molar-refractivity contribution < 1.29 is 23.1 Å². The maximum absolute atomic E-state index is 13.0. The van der Waals surface area contributed by atoms with Crippen molar-refractivity contribution >= 4 is 38.7 Å². The maximum Gasteiger partial charge on any atom is 0.336 e. The van der Waals surface area contributed by atoms with Gasteiger partial charge in [-0.2, -0.15) is 4.31 Å². The number of pyridine rings is 1. The first-order valence-corrected chi connectivity index (χ1v) is 12.0. The number of carboxylic acids is 1. The van der Waals surface area contributed by atoms with Crippen molar-refractivity contribution in [1.82, 2.24) is 9.29 Å². The molecule has 1 aromatic heterocycles. The number of hydrogen-bond acceptors (Lipinski definition) is 6. The normalized spacial score (nSPS) is 15.4. The van der Waals surface area contributed by atoms with Gasteiger partial charge in [-0.05, 0) is 42.7 Å². The van der Waals surface area contributed by atoms with Gasteiger partial charge < -0.3 is 9.84 Å². The Hall–Kier alpha value is -2.46. The lowest BCUT2D eigenvalue weighted by Gasteiger charge is -2.26. The molecule has 0 aliphatic carbocycles. The molecule has 30 heavy (non-hydrogen) atoms. The van der Waals surface area contributed by atoms with Crippen LogP contribution in [0.3, 0.4) is 0 Å². The summed E-state index contributed by atoms with van der Waals surface area (Å²) < 4.78 is 32.5. The number of hydrogen-bond donors (Lipinski definition) is 1. The van der Waals surface area contributed by atoms with Crippen LogP contribution in [0.25, 0.3) is 22.2 Å². The minimum Gasteiger partial charge on any atom is -0.478 e. The Morgan fingerprint density at radius 1 is 1.10 bits per heavy atom. The summed E-state index contributed by atoms with van der Waals surface area (Å²) in [6, 6.07) is 13.6. The highest BCUT2D eigenvalue weighted by atomic mass is 32.2. The highest BCUT2D eigenvalue weighted by molar-refractivity contribution is 7.98. The van der Waals surface area contributed by atoms with E-state index in [1.54, 1.807) is 17.8 Å². The molecule has 0 atom stereocenters. The van der Waals surface area contributed by atoms with Gasteiger partial charge in [0.25, 0.3) is 0 Å². The lowest BCUT2D eigenvalue weighted by Crippen LogP contribution is -2.40. The van der Waals surface area contributed by atoms with Gasteiger partial charge in [-0.15, -0.1) is 11.8 Å². The number of rotatable bonds is 5. The second kappa shape index (κ2) is 8.35. The molecule has 2 aromatic carbocycles. The van der Waals surface area contributed by atoms with E-state index in [9.17, 15) is 18.3 Å². The van der Waals surface area contributed by atoms with Crippen molar-refractivity contribution in [3.8, 4) is 11.3 Å². The van der Waals surface area contributed by atoms with E-state index in [1.807, 2.05) is 30.5 Å². The van der Waals surface area contributed by atoms with Crippen molar-refractivity contribution in [3.63, 3.8) is 0 Å². The van der Waals surface area contributed by atoms with E-state index in [1.165, 1.54) is 22.5 Å². The maximum atomic E-state index is 13.0. The van der Waals surface area contributed by atoms with Crippen LogP contribution >= 0.6 is 11.8 Å². The fourth-order valence-corrected chi connectivity index (χ4v) is 5.23. The van der Waals surface area contributed by atoms with Crippen LogP contribution in [-0.2, 0) is 14.8 Å². The summed E-state index contributed by atoms with van der Waals surface area (Å²) in [4.78, 5) is 17.7. The summed E-state index contributed by atoms with van der Waals surface area (Å²) in [6.07, 6.45) is 1.98. The van der Waals surface area contributed by atoms with Gasteiger partial charge in [0.05, 0.1) is 34.9 Å². The number of aromatic nitrogens is 1. The summed E-state index contributed by atoms with van der Waals surface area (Å²) in [5, 5.41) is 10.1. The Labute approximate surface area is 178 Å².